The van der Waals surface area contributed by atoms with Gasteiger partial charge in [-0.1, -0.05) is 47.7 Å². The lowest BCUT2D eigenvalue weighted by Gasteiger charge is -2.16. The molecule has 3 rings (SSSR count). The van der Waals surface area contributed by atoms with Gasteiger partial charge in [-0.25, -0.2) is 0 Å². The van der Waals surface area contributed by atoms with E-state index in [1.165, 1.54) is 12.1 Å². The molecule has 1 heterocycles. The van der Waals surface area contributed by atoms with Crippen molar-refractivity contribution >= 4 is 10.1 Å². The van der Waals surface area contributed by atoms with Gasteiger partial charge in [-0.05, 0) is 45.0 Å². The number of hydrogen-bond donors (Lipinski definition) is 0. The lowest BCUT2D eigenvalue weighted by atomic mass is 10.1. The van der Waals surface area contributed by atoms with Gasteiger partial charge in [-0.2, -0.15) is 8.42 Å². The summed E-state index contributed by atoms with van der Waals surface area (Å²) in [5.41, 5.74) is 1.89. The molecule has 2 aromatic carbocycles. The largest absolute Gasteiger partial charge is 0.343 e. The summed E-state index contributed by atoms with van der Waals surface area (Å²) in [6, 6.07) is 16.2. The van der Waals surface area contributed by atoms with E-state index in [0.29, 0.717) is 6.42 Å². The lowest BCUT2D eigenvalue weighted by Crippen LogP contribution is -2.29. The van der Waals surface area contributed by atoms with Crippen molar-refractivity contribution in [1.29, 1.82) is 0 Å². The number of aryl methyl sites for hydroxylation is 1. The standard InChI is InChI=1S/C22H24O5S/c1-17-12-14-19(15-13-17)28(23,24)25-16-21-20(26-22(2,3)27-21)11-7-10-18-8-5-4-6-9-18/h4-6,8-9,12-15,20-21H,11,16H2,1-3H3/t20-,21-/m1/s1. The fourth-order valence-corrected chi connectivity index (χ4v) is 3.85. The normalized spacial score (nSPS) is 21.1. The van der Waals surface area contributed by atoms with Gasteiger partial charge in [0.1, 0.15) is 12.2 Å². The summed E-state index contributed by atoms with van der Waals surface area (Å²) in [6.45, 7) is 5.35. The first kappa shape index (κ1) is 20.6. The van der Waals surface area contributed by atoms with Gasteiger partial charge in [-0.3, -0.25) is 4.18 Å². The van der Waals surface area contributed by atoms with E-state index in [9.17, 15) is 8.42 Å². The van der Waals surface area contributed by atoms with Gasteiger partial charge in [0.25, 0.3) is 10.1 Å². The highest BCUT2D eigenvalue weighted by molar-refractivity contribution is 7.86. The second-order valence-corrected chi connectivity index (χ2v) is 8.75. The van der Waals surface area contributed by atoms with Gasteiger partial charge in [-0.15, -0.1) is 0 Å². The van der Waals surface area contributed by atoms with Gasteiger partial charge in [0, 0.05) is 12.0 Å². The average molecular weight is 400 g/mol. The molecule has 0 unspecified atom stereocenters. The number of ether oxygens (including phenoxy) is 2. The van der Waals surface area contributed by atoms with Crippen molar-refractivity contribution in [2.75, 3.05) is 6.61 Å². The van der Waals surface area contributed by atoms with Gasteiger partial charge in [0.15, 0.2) is 5.79 Å². The summed E-state index contributed by atoms with van der Waals surface area (Å²) in [5.74, 6) is 5.35. The van der Waals surface area contributed by atoms with Crippen LogP contribution in [0.25, 0.3) is 0 Å². The molecule has 0 radical (unpaired) electrons. The third-order valence-corrected chi connectivity index (χ3v) is 5.59. The third kappa shape index (κ3) is 5.43. The highest BCUT2D eigenvalue weighted by Gasteiger charge is 2.41. The van der Waals surface area contributed by atoms with Crippen molar-refractivity contribution in [3.8, 4) is 11.8 Å². The molecule has 0 spiro atoms. The van der Waals surface area contributed by atoms with Crippen LogP contribution in [-0.4, -0.2) is 33.0 Å². The molecule has 28 heavy (non-hydrogen) atoms. The molecule has 0 N–H and O–H groups in total. The van der Waals surface area contributed by atoms with Crippen molar-refractivity contribution in [2.45, 2.75) is 50.1 Å². The molecule has 0 amide bonds. The molecule has 1 saturated heterocycles. The summed E-state index contributed by atoms with van der Waals surface area (Å²) in [6.07, 6.45) is -0.489. The zero-order chi connectivity index (χ0) is 20.2. The van der Waals surface area contributed by atoms with Crippen molar-refractivity contribution in [1.82, 2.24) is 0 Å². The van der Waals surface area contributed by atoms with Crippen molar-refractivity contribution in [3.63, 3.8) is 0 Å². The first-order valence-electron chi connectivity index (χ1n) is 9.11. The molecule has 0 saturated carbocycles. The molecule has 2 aromatic rings. The Labute approximate surface area is 166 Å². The zero-order valence-corrected chi connectivity index (χ0v) is 17.0. The van der Waals surface area contributed by atoms with Crippen LogP contribution in [0.5, 0.6) is 0 Å². The van der Waals surface area contributed by atoms with Crippen molar-refractivity contribution in [2.24, 2.45) is 0 Å². The molecular weight excluding hydrogens is 376 g/mol. The molecule has 148 valence electrons. The maximum atomic E-state index is 12.4. The summed E-state index contributed by atoms with van der Waals surface area (Å²) in [7, 11) is -3.86. The van der Waals surface area contributed by atoms with E-state index in [-0.39, 0.29) is 17.6 Å². The van der Waals surface area contributed by atoms with Crippen LogP contribution in [0, 0.1) is 18.8 Å². The second-order valence-electron chi connectivity index (χ2n) is 7.14. The van der Waals surface area contributed by atoms with Crippen LogP contribution in [-0.2, 0) is 23.8 Å². The molecule has 0 bridgehead atoms. The van der Waals surface area contributed by atoms with Gasteiger partial charge >= 0.3 is 0 Å². The van der Waals surface area contributed by atoms with Gasteiger partial charge in [0.2, 0.25) is 0 Å². The summed E-state index contributed by atoms with van der Waals surface area (Å²) >= 11 is 0. The Hall–Kier alpha value is -2.17. The van der Waals surface area contributed by atoms with Crippen LogP contribution >= 0.6 is 0 Å². The highest BCUT2D eigenvalue weighted by Crippen LogP contribution is 2.30. The molecule has 2 atom stereocenters. The monoisotopic (exact) mass is 400 g/mol. The van der Waals surface area contributed by atoms with E-state index in [0.717, 1.165) is 11.1 Å². The third-order valence-electron chi connectivity index (χ3n) is 4.29. The van der Waals surface area contributed by atoms with Gasteiger partial charge < -0.3 is 9.47 Å². The Morgan fingerprint density at radius 1 is 1.00 bits per heavy atom. The average Bonchev–Trinajstić information content (AvgIpc) is 2.95. The van der Waals surface area contributed by atoms with Crippen LogP contribution in [0.15, 0.2) is 59.5 Å². The second kappa shape index (κ2) is 8.46. The highest BCUT2D eigenvalue weighted by atomic mass is 32.2. The van der Waals surface area contributed by atoms with Crippen LogP contribution < -0.4 is 0 Å². The van der Waals surface area contributed by atoms with Crippen LogP contribution in [0.4, 0.5) is 0 Å². The zero-order valence-electron chi connectivity index (χ0n) is 16.2. The minimum atomic E-state index is -3.86. The molecular formula is C22H24O5S. The Morgan fingerprint density at radius 3 is 2.32 bits per heavy atom. The van der Waals surface area contributed by atoms with E-state index in [1.807, 2.05) is 37.3 Å². The van der Waals surface area contributed by atoms with Crippen LogP contribution in [0.1, 0.15) is 31.4 Å². The van der Waals surface area contributed by atoms with Crippen LogP contribution in [0.2, 0.25) is 0 Å². The minimum absolute atomic E-state index is 0.122. The smallest absolute Gasteiger partial charge is 0.297 e. The first-order chi connectivity index (χ1) is 13.3. The van der Waals surface area contributed by atoms with E-state index in [1.54, 1.807) is 26.0 Å². The van der Waals surface area contributed by atoms with E-state index >= 15 is 0 Å². The van der Waals surface area contributed by atoms with E-state index < -0.39 is 22.0 Å². The Morgan fingerprint density at radius 2 is 1.64 bits per heavy atom. The maximum absolute atomic E-state index is 12.4. The van der Waals surface area contributed by atoms with Crippen LogP contribution in [0.3, 0.4) is 0 Å². The predicted octanol–water partition coefficient (Wildman–Crippen LogP) is 3.66. The molecule has 1 aliphatic rings. The summed E-state index contributed by atoms with van der Waals surface area (Å²) in [5, 5.41) is 0. The molecule has 6 heteroatoms. The predicted molar refractivity (Wildman–Crippen MR) is 106 cm³/mol. The van der Waals surface area contributed by atoms with Gasteiger partial charge in [0.05, 0.1) is 11.5 Å². The van der Waals surface area contributed by atoms with Crippen molar-refractivity contribution in [3.05, 3.63) is 65.7 Å². The fourth-order valence-electron chi connectivity index (χ4n) is 2.93. The summed E-state index contributed by atoms with van der Waals surface area (Å²) < 4.78 is 41.8. The van der Waals surface area contributed by atoms with E-state index in [4.69, 9.17) is 13.7 Å². The number of rotatable bonds is 5. The first-order valence-corrected chi connectivity index (χ1v) is 10.5. The Bertz CT molecular complexity index is 953. The number of benzene rings is 2. The molecule has 0 aliphatic carbocycles. The van der Waals surface area contributed by atoms with Crippen molar-refractivity contribution < 1.29 is 22.1 Å². The SMILES string of the molecule is Cc1ccc(S(=O)(=O)OC[C@H]2OC(C)(C)O[C@@H]2CC#Cc2ccccc2)cc1. The quantitative estimate of drug-likeness (QED) is 0.566. The molecule has 0 aromatic heterocycles. The Balaban J connectivity index is 1.65. The topological polar surface area (TPSA) is 61.8 Å². The van der Waals surface area contributed by atoms with E-state index in [2.05, 4.69) is 11.8 Å². The minimum Gasteiger partial charge on any atom is -0.343 e. The summed E-state index contributed by atoms with van der Waals surface area (Å²) in [4.78, 5) is 0.122. The lowest BCUT2D eigenvalue weighted by molar-refractivity contribution is -0.148. The molecule has 1 aliphatic heterocycles. The molecule has 5 nitrogen and oxygen atoms in total. The maximum Gasteiger partial charge on any atom is 0.297 e. The Kier molecular flexibility index (Phi) is 6.21. The molecule has 1 fully saturated rings. The number of hydrogen-bond acceptors (Lipinski definition) is 5. The fraction of sp³-hybridized carbons (Fsp3) is 0.364.